The van der Waals surface area contributed by atoms with Crippen LogP contribution in [0.2, 0.25) is 0 Å². The van der Waals surface area contributed by atoms with Crippen LogP contribution in [-0.2, 0) is 38.1 Å². The molecule has 3 fully saturated rings. The van der Waals surface area contributed by atoms with Crippen molar-refractivity contribution in [2.24, 2.45) is 16.7 Å². The van der Waals surface area contributed by atoms with Gasteiger partial charge in [-0.2, -0.15) is 0 Å². The summed E-state index contributed by atoms with van der Waals surface area (Å²) in [4.78, 5) is 85.9. The monoisotopic (exact) mass is 930 g/mol. The third-order valence-electron chi connectivity index (χ3n) is 14.5. The van der Waals surface area contributed by atoms with Crippen LogP contribution in [0.1, 0.15) is 90.1 Å². The van der Waals surface area contributed by atoms with E-state index < -0.39 is 113 Å². The summed E-state index contributed by atoms with van der Waals surface area (Å²) in [5.74, 6) is -7.15. The zero-order valence-corrected chi connectivity index (χ0v) is 38.1. The van der Waals surface area contributed by atoms with Gasteiger partial charge in [0, 0.05) is 36.4 Å². The van der Waals surface area contributed by atoms with Crippen LogP contribution in [0.25, 0.3) is 0 Å². The molecule has 4 aromatic rings. The standard InChI is InChI=1S/C52H54N2O14/c1-28-35(65-48(62)40(57)39(30-16-9-6-10-17-30)54-45(59)31-18-11-7-12-19-31)26-52(63)44(67-46(60)32-20-13-8-14-21-32)42-50(5,36(56)25-37-51(42,27-64-37)68-29(2)55)43(58)41(38(28)49(52,3)4)66-47(61)33-22-15-23-34(53)24-33/h6-24,35-37,39-42,44,56-57,63H,25-27,53H2,1-5H3,(H,54,59)/t35-,36-,37+,39-,40+,41+,42-,44-,50+,51-,52+/m0/s1. The van der Waals surface area contributed by atoms with Crippen molar-refractivity contribution in [3.05, 3.63) is 149 Å². The van der Waals surface area contributed by atoms with Crippen molar-refractivity contribution in [3.8, 4) is 0 Å². The molecule has 0 radical (unpaired) electrons. The van der Waals surface area contributed by atoms with Crippen LogP contribution >= 0.6 is 0 Å². The van der Waals surface area contributed by atoms with Gasteiger partial charge in [-0.1, -0.05) is 86.6 Å². The van der Waals surface area contributed by atoms with Crippen LogP contribution in [-0.4, -0.2) is 105 Å². The molecule has 0 aromatic heterocycles. The summed E-state index contributed by atoms with van der Waals surface area (Å²) in [6, 6.07) is 28.7. The first-order chi connectivity index (χ1) is 32.2. The van der Waals surface area contributed by atoms with E-state index in [1.807, 2.05) is 0 Å². The highest BCUT2D eigenvalue weighted by Gasteiger charge is 2.78. The predicted octanol–water partition coefficient (Wildman–Crippen LogP) is 4.61. The number of fused-ring (bicyclic) bond motifs is 5. The minimum atomic E-state index is -2.46. The molecule has 2 saturated carbocycles. The number of esters is 4. The second-order valence-corrected chi connectivity index (χ2v) is 18.8. The van der Waals surface area contributed by atoms with Gasteiger partial charge in [0.1, 0.15) is 23.9 Å². The third kappa shape index (κ3) is 8.04. The summed E-state index contributed by atoms with van der Waals surface area (Å²) in [7, 11) is 0. The molecule has 1 heterocycles. The maximum absolute atomic E-state index is 16.0. The van der Waals surface area contributed by atoms with Crippen LogP contribution in [0.4, 0.5) is 5.69 Å². The SMILES string of the molecule is CC(=O)O[C@@]12CO[C@@H]1C[C@H](O)[C@@]1(C)C(=O)[C@H](OC(=O)c3cccc(N)c3)C3=C(C)[C@@H](OC(=O)[C@H](O)[C@@H](NC(=O)c4ccccc4)c4ccccc4)C[C@@](O)([C@@H](OC(=O)c4ccccc4)[C@H]21)C3(C)C. The Morgan fingerprint density at radius 2 is 1.40 bits per heavy atom. The Hall–Kier alpha value is -6.72. The van der Waals surface area contributed by atoms with Gasteiger partial charge in [-0.3, -0.25) is 14.4 Å². The van der Waals surface area contributed by atoms with E-state index in [1.54, 1.807) is 98.8 Å². The van der Waals surface area contributed by atoms with Gasteiger partial charge in [-0.05, 0) is 73.0 Å². The largest absolute Gasteiger partial charge is 0.456 e. The fourth-order valence-electron chi connectivity index (χ4n) is 10.9. The van der Waals surface area contributed by atoms with E-state index in [0.717, 1.165) is 6.92 Å². The summed E-state index contributed by atoms with van der Waals surface area (Å²) < 4.78 is 30.9. The van der Waals surface area contributed by atoms with Gasteiger partial charge in [-0.15, -0.1) is 0 Å². The molecule has 3 aliphatic carbocycles. The van der Waals surface area contributed by atoms with Crippen molar-refractivity contribution in [1.82, 2.24) is 5.32 Å². The Labute approximate surface area is 392 Å². The van der Waals surface area contributed by atoms with Crippen molar-refractivity contribution in [2.45, 2.75) is 101 Å². The molecule has 0 spiro atoms. The quantitative estimate of drug-likeness (QED) is 0.0597. The third-order valence-corrected chi connectivity index (χ3v) is 14.5. The van der Waals surface area contributed by atoms with Gasteiger partial charge < -0.3 is 50.1 Å². The van der Waals surface area contributed by atoms with Crippen LogP contribution in [0.5, 0.6) is 0 Å². The Bertz CT molecular complexity index is 2660. The molecule has 16 nitrogen and oxygen atoms in total. The number of aliphatic hydroxyl groups excluding tert-OH is 2. The Balaban J connectivity index is 1.31. The molecule has 16 heteroatoms. The summed E-state index contributed by atoms with van der Waals surface area (Å²) in [6.45, 7) is 6.81. The molecule has 1 amide bonds. The van der Waals surface area contributed by atoms with Crippen molar-refractivity contribution in [1.29, 1.82) is 0 Å². The normalized spacial score (nSPS) is 30.0. The number of benzene rings is 4. The number of hydrogen-bond acceptors (Lipinski definition) is 15. The van der Waals surface area contributed by atoms with Crippen molar-refractivity contribution < 1.29 is 67.8 Å². The first-order valence-electron chi connectivity index (χ1n) is 22.3. The Kier molecular flexibility index (Phi) is 12.7. The molecule has 11 atom stereocenters. The van der Waals surface area contributed by atoms with Crippen molar-refractivity contribution in [3.63, 3.8) is 0 Å². The van der Waals surface area contributed by atoms with Gasteiger partial charge in [0.15, 0.2) is 23.6 Å². The first-order valence-corrected chi connectivity index (χ1v) is 22.3. The van der Waals surface area contributed by atoms with E-state index in [2.05, 4.69) is 5.32 Å². The lowest BCUT2D eigenvalue weighted by molar-refractivity contribution is -0.345. The number of nitrogens with one attached hydrogen (secondary N) is 1. The molecule has 1 aliphatic heterocycles. The summed E-state index contributed by atoms with van der Waals surface area (Å²) in [5.41, 5.74) is -1.23. The molecule has 6 N–H and O–H groups in total. The number of ether oxygens (including phenoxy) is 5. The fraction of sp³-hybridized carbons (Fsp3) is 0.385. The molecule has 356 valence electrons. The lowest BCUT2D eigenvalue weighted by Crippen LogP contribution is -2.82. The van der Waals surface area contributed by atoms with E-state index in [0.29, 0.717) is 5.56 Å². The van der Waals surface area contributed by atoms with E-state index >= 15 is 4.79 Å². The van der Waals surface area contributed by atoms with E-state index in [4.69, 9.17) is 29.4 Å². The number of amides is 1. The molecule has 1 saturated heterocycles. The number of Topliss-reactive ketones (excluding diaryl/α,β-unsaturated/α-hetero) is 1. The molecular weight excluding hydrogens is 877 g/mol. The number of hydrogen-bond donors (Lipinski definition) is 5. The van der Waals surface area contributed by atoms with Gasteiger partial charge in [-0.25, -0.2) is 14.4 Å². The summed E-state index contributed by atoms with van der Waals surface area (Å²) in [5, 5.41) is 40.9. The maximum Gasteiger partial charge on any atom is 0.339 e. The van der Waals surface area contributed by atoms with Gasteiger partial charge in [0.25, 0.3) is 5.91 Å². The predicted molar refractivity (Wildman–Crippen MR) is 242 cm³/mol. The number of nitrogen functional groups attached to an aromatic ring is 1. The second-order valence-electron chi connectivity index (χ2n) is 18.8. The molecule has 4 aromatic carbocycles. The van der Waals surface area contributed by atoms with E-state index in [-0.39, 0.29) is 46.6 Å². The number of carbonyl (C=O) groups is 6. The molecule has 2 bridgehead atoms. The number of anilines is 1. The Morgan fingerprint density at radius 3 is 1.99 bits per heavy atom. The smallest absolute Gasteiger partial charge is 0.339 e. The average molecular weight is 931 g/mol. The number of nitrogens with two attached hydrogens (primary N) is 1. The van der Waals surface area contributed by atoms with Gasteiger partial charge in [0.2, 0.25) is 0 Å². The van der Waals surface area contributed by atoms with Gasteiger partial charge >= 0.3 is 23.9 Å². The molecule has 0 unspecified atom stereocenters. The minimum absolute atomic E-state index is 0.0398. The second kappa shape index (κ2) is 18.1. The summed E-state index contributed by atoms with van der Waals surface area (Å²) in [6.07, 6.45) is -11.0. The number of aliphatic hydroxyl groups is 3. The first kappa shape index (κ1) is 47.8. The number of rotatable bonds is 11. The van der Waals surface area contributed by atoms with Crippen LogP contribution in [0.15, 0.2) is 126 Å². The minimum Gasteiger partial charge on any atom is -0.456 e. The average Bonchev–Trinajstić information content (AvgIpc) is 3.32. The van der Waals surface area contributed by atoms with Crippen molar-refractivity contribution >= 4 is 41.3 Å². The van der Waals surface area contributed by atoms with E-state index in [1.165, 1.54) is 44.2 Å². The molecule has 68 heavy (non-hydrogen) atoms. The number of carbonyl (C=O) groups excluding carboxylic acids is 6. The van der Waals surface area contributed by atoms with Crippen LogP contribution in [0.3, 0.4) is 0 Å². The van der Waals surface area contributed by atoms with E-state index in [9.17, 15) is 39.3 Å². The lowest BCUT2D eigenvalue weighted by Gasteiger charge is -2.67. The molecular formula is C52H54N2O14. The Morgan fingerprint density at radius 1 is 0.809 bits per heavy atom. The molecule has 8 rings (SSSR count). The van der Waals surface area contributed by atoms with Crippen LogP contribution in [0, 0.1) is 16.7 Å². The maximum atomic E-state index is 16.0. The van der Waals surface area contributed by atoms with Crippen LogP contribution < -0.4 is 11.1 Å². The summed E-state index contributed by atoms with van der Waals surface area (Å²) >= 11 is 0. The van der Waals surface area contributed by atoms with Crippen molar-refractivity contribution in [2.75, 3.05) is 12.3 Å². The fourth-order valence-corrected chi connectivity index (χ4v) is 10.9. The molecule has 4 aliphatic rings. The highest BCUT2D eigenvalue weighted by atomic mass is 16.6. The number of ketones is 1. The zero-order chi connectivity index (χ0) is 48.9. The highest BCUT2D eigenvalue weighted by molar-refractivity contribution is 5.99. The highest BCUT2D eigenvalue weighted by Crippen LogP contribution is 2.64. The van der Waals surface area contributed by atoms with Gasteiger partial charge in [0.05, 0.1) is 41.2 Å². The zero-order valence-electron chi connectivity index (χ0n) is 38.1. The lowest BCUT2D eigenvalue weighted by atomic mass is 9.44. The topological polar surface area (TPSA) is 247 Å².